The summed E-state index contributed by atoms with van der Waals surface area (Å²) in [7, 11) is 1.58. The minimum absolute atomic E-state index is 0.0548. The van der Waals surface area contributed by atoms with Gasteiger partial charge in [-0.05, 0) is 36.8 Å². The molecule has 1 saturated carbocycles. The van der Waals surface area contributed by atoms with E-state index < -0.39 is 0 Å². The number of pyridine rings is 1. The zero-order valence-corrected chi connectivity index (χ0v) is 14.8. The topological polar surface area (TPSA) is 110 Å². The van der Waals surface area contributed by atoms with E-state index in [1.165, 1.54) is 11.3 Å². The third kappa shape index (κ3) is 4.46. The molecule has 0 aromatic carbocycles. The minimum atomic E-state index is -0.291. The first-order valence-electron chi connectivity index (χ1n) is 8.21. The molecule has 1 fully saturated rings. The number of nitrogens with two attached hydrogens (primary N) is 1. The Morgan fingerprint density at radius 2 is 2.32 bits per heavy atom. The lowest BCUT2D eigenvalue weighted by Gasteiger charge is -2.38. The van der Waals surface area contributed by atoms with Gasteiger partial charge >= 0.3 is 0 Å². The van der Waals surface area contributed by atoms with Crippen molar-refractivity contribution in [3.63, 3.8) is 0 Å². The molecule has 2 aromatic heterocycles. The summed E-state index contributed by atoms with van der Waals surface area (Å²) >= 11 is 1.37. The van der Waals surface area contributed by atoms with Crippen molar-refractivity contribution in [1.82, 2.24) is 15.3 Å². The molecular formula is C17H22N4O3S. The molecule has 0 bridgehead atoms. The molecule has 1 atom stereocenters. The number of thiazole rings is 1. The van der Waals surface area contributed by atoms with E-state index in [0.29, 0.717) is 36.6 Å². The molecule has 2 heterocycles. The third-order valence-electron chi connectivity index (χ3n) is 4.44. The van der Waals surface area contributed by atoms with E-state index in [9.17, 15) is 9.90 Å². The largest absolute Gasteiger partial charge is 0.495 e. The lowest BCUT2D eigenvalue weighted by Crippen LogP contribution is -2.41. The summed E-state index contributed by atoms with van der Waals surface area (Å²) < 4.78 is 5.23. The summed E-state index contributed by atoms with van der Waals surface area (Å²) in [4.78, 5) is 20.8. The van der Waals surface area contributed by atoms with E-state index in [1.54, 1.807) is 19.5 Å². The quantitative estimate of drug-likeness (QED) is 0.691. The van der Waals surface area contributed by atoms with Gasteiger partial charge in [0.1, 0.15) is 5.75 Å². The van der Waals surface area contributed by atoms with Crippen LogP contribution in [0, 0.1) is 5.92 Å². The highest BCUT2D eigenvalue weighted by Gasteiger charge is 2.35. The van der Waals surface area contributed by atoms with Gasteiger partial charge in [-0.25, -0.2) is 4.98 Å². The van der Waals surface area contributed by atoms with Crippen molar-refractivity contribution < 1.29 is 14.6 Å². The number of carbonyl (C=O) groups is 1. The molecule has 0 aliphatic heterocycles. The predicted molar refractivity (Wildman–Crippen MR) is 95.3 cm³/mol. The summed E-state index contributed by atoms with van der Waals surface area (Å²) in [6.07, 6.45) is 5.31. The Morgan fingerprint density at radius 3 is 2.96 bits per heavy atom. The van der Waals surface area contributed by atoms with Crippen LogP contribution in [0.15, 0.2) is 23.8 Å². The molecule has 0 saturated heterocycles. The van der Waals surface area contributed by atoms with E-state index in [4.69, 9.17) is 10.5 Å². The molecule has 1 amide bonds. The maximum absolute atomic E-state index is 12.4. The zero-order chi connectivity index (χ0) is 17.8. The number of ether oxygens (including phenoxy) is 1. The Balaban J connectivity index is 1.65. The fourth-order valence-corrected chi connectivity index (χ4v) is 3.61. The molecule has 25 heavy (non-hydrogen) atoms. The van der Waals surface area contributed by atoms with Gasteiger partial charge < -0.3 is 20.9 Å². The number of aromatic nitrogens is 2. The first-order valence-corrected chi connectivity index (χ1v) is 9.09. The van der Waals surface area contributed by atoms with Crippen molar-refractivity contribution in [2.45, 2.75) is 37.8 Å². The molecule has 0 spiro atoms. The number of aliphatic hydroxyl groups excluding tert-OH is 1. The summed E-state index contributed by atoms with van der Waals surface area (Å²) in [5.41, 5.74) is 7.33. The van der Waals surface area contributed by atoms with Crippen molar-refractivity contribution in [3.8, 4) is 5.75 Å². The first-order chi connectivity index (χ1) is 12.0. The van der Waals surface area contributed by atoms with Gasteiger partial charge in [-0.2, -0.15) is 0 Å². The van der Waals surface area contributed by atoms with Gasteiger partial charge in [-0.1, -0.05) is 0 Å². The average molecular weight is 362 g/mol. The van der Waals surface area contributed by atoms with Gasteiger partial charge in [-0.3, -0.25) is 9.78 Å². The van der Waals surface area contributed by atoms with E-state index in [-0.39, 0.29) is 24.0 Å². The molecule has 7 nitrogen and oxygen atoms in total. The third-order valence-corrected chi connectivity index (χ3v) is 5.17. The summed E-state index contributed by atoms with van der Waals surface area (Å²) in [5, 5.41) is 15.1. The average Bonchev–Trinajstić information content (AvgIpc) is 3.01. The second kappa shape index (κ2) is 7.79. The van der Waals surface area contributed by atoms with Crippen LogP contribution in [0.5, 0.6) is 5.75 Å². The molecule has 2 aromatic rings. The van der Waals surface area contributed by atoms with Crippen molar-refractivity contribution in [1.29, 1.82) is 0 Å². The van der Waals surface area contributed by atoms with Crippen LogP contribution < -0.4 is 15.8 Å². The second-order valence-electron chi connectivity index (χ2n) is 6.27. The maximum Gasteiger partial charge on any atom is 0.220 e. The van der Waals surface area contributed by atoms with Crippen LogP contribution in [0.4, 0.5) is 5.13 Å². The van der Waals surface area contributed by atoms with E-state index in [1.807, 2.05) is 11.4 Å². The molecule has 3 rings (SSSR count). The number of nitrogens with zero attached hydrogens (tertiary/aromatic N) is 2. The highest BCUT2D eigenvalue weighted by Crippen LogP contribution is 2.38. The molecule has 1 unspecified atom stereocenters. The fraction of sp³-hybridized carbons (Fsp3) is 0.471. The van der Waals surface area contributed by atoms with Crippen molar-refractivity contribution in [2.24, 2.45) is 5.92 Å². The number of nitrogen functional groups attached to an aromatic ring is 1. The number of aryl methyl sites for hydroxylation is 1. The summed E-state index contributed by atoms with van der Waals surface area (Å²) in [6.45, 7) is 0. The highest BCUT2D eigenvalue weighted by molar-refractivity contribution is 7.13. The van der Waals surface area contributed by atoms with Crippen LogP contribution in [-0.4, -0.2) is 34.2 Å². The lowest BCUT2D eigenvalue weighted by molar-refractivity contribution is -0.123. The number of rotatable bonds is 7. The van der Waals surface area contributed by atoms with Gasteiger partial charge in [0.2, 0.25) is 5.91 Å². The smallest absolute Gasteiger partial charge is 0.220 e. The Kier molecular flexibility index (Phi) is 5.50. The number of hydrogen-bond donors (Lipinski definition) is 3. The van der Waals surface area contributed by atoms with Crippen molar-refractivity contribution >= 4 is 22.4 Å². The Morgan fingerprint density at radius 1 is 1.52 bits per heavy atom. The summed E-state index contributed by atoms with van der Waals surface area (Å²) in [5.74, 6) is 0.790. The SMILES string of the molecule is COc1cncc(C(NC(=O)CCc2csc(N)n2)C2CC(O)C2)c1. The van der Waals surface area contributed by atoms with Crippen LogP contribution in [0.2, 0.25) is 0 Å². The second-order valence-corrected chi connectivity index (χ2v) is 7.16. The van der Waals surface area contributed by atoms with Crippen LogP contribution in [0.1, 0.15) is 36.6 Å². The first kappa shape index (κ1) is 17.6. The van der Waals surface area contributed by atoms with Crippen molar-refractivity contribution in [2.75, 3.05) is 12.8 Å². The van der Waals surface area contributed by atoms with Crippen LogP contribution in [0.25, 0.3) is 0 Å². The number of carbonyl (C=O) groups excluding carboxylic acids is 1. The number of hydrogen-bond acceptors (Lipinski definition) is 7. The maximum atomic E-state index is 12.4. The fourth-order valence-electron chi connectivity index (χ4n) is 3.02. The molecule has 4 N–H and O–H groups in total. The van der Waals surface area contributed by atoms with Gasteiger partial charge in [0.15, 0.2) is 5.13 Å². The van der Waals surface area contributed by atoms with Crippen LogP contribution in [-0.2, 0) is 11.2 Å². The van der Waals surface area contributed by atoms with E-state index in [2.05, 4.69) is 15.3 Å². The Labute approximate surface area is 150 Å². The number of amides is 1. The van der Waals surface area contributed by atoms with Gasteiger partial charge in [0.05, 0.1) is 31.1 Å². The summed E-state index contributed by atoms with van der Waals surface area (Å²) in [6, 6.07) is 1.70. The molecule has 1 aliphatic carbocycles. The van der Waals surface area contributed by atoms with Crippen molar-refractivity contribution in [3.05, 3.63) is 35.1 Å². The monoisotopic (exact) mass is 362 g/mol. The molecule has 134 valence electrons. The Hall–Kier alpha value is -2.19. The van der Waals surface area contributed by atoms with Crippen LogP contribution >= 0.6 is 11.3 Å². The van der Waals surface area contributed by atoms with Gasteiger partial charge in [0, 0.05) is 18.0 Å². The van der Waals surface area contributed by atoms with Crippen LogP contribution in [0.3, 0.4) is 0 Å². The lowest BCUT2D eigenvalue weighted by atomic mass is 9.75. The van der Waals surface area contributed by atoms with Gasteiger partial charge in [0.25, 0.3) is 0 Å². The number of aliphatic hydroxyl groups is 1. The normalized spacial score (nSPS) is 20.6. The number of nitrogens with one attached hydrogen (secondary N) is 1. The molecular weight excluding hydrogens is 340 g/mol. The highest BCUT2D eigenvalue weighted by atomic mass is 32.1. The Bertz CT molecular complexity index is 730. The number of methoxy groups -OCH3 is 1. The van der Waals surface area contributed by atoms with E-state index in [0.717, 1.165) is 11.3 Å². The molecule has 8 heteroatoms. The molecule has 1 aliphatic rings. The predicted octanol–water partition coefficient (Wildman–Crippen LogP) is 1.69. The number of anilines is 1. The minimum Gasteiger partial charge on any atom is -0.495 e. The molecule has 0 radical (unpaired) electrons. The zero-order valence-electron chi connectivity index (χ0n) is 14.0. The van der Waals surface area contributed by atoms with Gasteiger partial charge in [-0.15, -0.1) is 11.3 Å². The van der Waals surface area contributed by atoms with E-state index >= 15 is 0 Å². The standard InChI is InChI=1S/C17H22N4O3S/c1-24-14-6-11(7-19-8-14)16(10-4-13(22)5-10)21-15(23)3-2-12-9-25-17(18)20-12/h6-10,13,16,22H,2-5H2,1H3,(H2,18,20)(H,21,23).